The maximum Gasteiger partial charge on any atom is 0.119 e. The van der Waals surface area contributed by atoms with Gasteiger partial charge in [-0.15, -0.1) is 0 Å². The van der Waals surface area contributed by atoms with E-state index < -0.39 is 6.10 Å². The zero-order valence-corrected chi connectivity index (χ0v) is 15.2. The summed E-state index contributed by atoms with van der Waals surface area (Å²) in [6.07, 6.45) is 1.29. The number of rotatable bonds is 10. The Morgan fingerprint density at radius 3 is 2.16 bits per heavy atom. The predicted molar refractivity (Wildman–Crippen MR) is 103 cm³/mol. The Labute approximate surface area is 151 Å². The molecule has 0 saturated heterocycles. The summed E-state index contributed by atoms with van der Waals surface area (Å²) in [5.74, 6) is 0.779. The van der Waals surface area contributed by atoms with Crippen LogP contribution in [-0.2, 0) is 12.8 Å². The third-order valence-electron chi connectivity index (χ3n) is 4.01. The summed E-state index contributed by atoms with van der Waals surface area (Å²) < 4.78 is 5.56. The van der Waals surface area contributed by atoms with Crippen LogP contribution in [0.5, 0.6) is 5.75 Å². The number of hydrogen-bond acceptors (Lipinski definition) is 4. The summed E-state index contributed by atoms with van der Waals surface area (Å²) in [7, 11) is 0. The molecule has 25 heavy (non-hydrogen) atoms. The van der Waals surface area contributed by atoms with Gasteiger partial charge in [0.15, 0.2) is 0 Å². The zero-order chi connectivity index (χ0) is 18.1. The standard InChI is InChI=1S/C21H30N2O2/c1-16(22)12-18-8-10-19(11-9-18)13-17(2)23-14-20(24)15-25-21-6-4-3-5-7-21/h3-11,16-17,20,23-24H,12-15,22H2,1-2H3/t16-,17-,20-/m1/s1. The smallest absolute Gasteiger partial charge is 0.119 e. The molecule has 0 heterocycles. The van der Waals surface area contributed by atoms with Gasteiger partial charge in [-0.1, -0.05) is 42.5 Å². The zero-order valence-electron chi connectivity index (χ0n) is 15.2. The van der Waals surface area contributed by atoms with Crippen LogP contribution in [0, 0.1) is 0 Å². The SMILES string of the molecule is C[C@H](Cc1ccc(C[C@@H](C)N)cc1)NC[C@@H](O)COc1ccccc1. The van der Waals surface area contributed by atoms with Crippen molar-refractivity contribution in [2.75, 3.05) is 13.2 Å². The number of para-hydroxylation sites is 1. The van der Waals surface area contributed by atoms with Gasteiger partial charge in [0.1, 0.15) is 18.5 Å². The fraction of sp³-hybridized carbons (Fsp3) is 0.429. The van der Waals surface area contributed by atoms with E-state index in [1.165, 1.54) is 11.1 Å². The van der Waals surface area contributed by atoms with E-state index >= 15 is 0 Å². The second-order valence-corrected chi connectivity index (χ2v) is 6.79. The van der Waals surface area contributed by atoms with Gasteiger partial charge < -0.3 is 20.9 Å². The van der Waals surface area contributed by atoms with Crippen LogP contribution in [0.2, 0.25) is 0 Å². The minimum Gasteiger partial charge on any atom is -0.491 e. The van der Waals surface area contributed by atoms with Crippen molar-refractivity contribution in [1.82, 2.24) is 5.32 Å². The molecule has 2 rings (SSSR count). The van der Waals surface area contributed by atoms with Crippen molar-refractivity contribution in [3.05, 3.63) is 65.7 Å². The number of aliphatic hydroxyl groups is 1. The van der Waals surface area contributed by atoms with Crippen molar-refractivity contribution in [2.24, 2.45) is 5.73 Å². The van der Waals surface area contributed by atoms with Crippen molar-refractivity contribution in [2.45, 2.75) is 44.9 Å². The average molecular weight is 342 g/mol. The van der Waals surface area contributed by atoms with Crippen LogP contribution in [-0.4, -0.2) is 36.4 Å². The Hall–Kier alpha value is -1.88. The molecule has 2 aromatic carbocycles. The highest BCUT2D eigenvalue weighted by atomic mass is 16.5. The number of aliphatic hydroxyl groups excluding tert-OH is 1. The minimum absolute atomic E-state index is 0.186. The van der Waals surface area contributed by atoms with E-state index in [1.807, 2.05) is 37.3 Å². The van der Waals surface area contributed by atoms with Gasteiger partial charge in [0, 0.05) is 18.6 Å². The van der Waals surface area contributed by atoms with Gasteiger partial charge in [0.05, 0.1) is 0 Å². The van der Waals surface area contributed by atoms with E-state index in [9.17, 15) is 5.11 Å². The minimum atomic E-state index is -0.531. The second-order valence-electron chi connectivity index (χ2n) is 6.79. The van der Waals surface area contributed by atoms with Gasteiger partial charge in [-0.2, -0.15) is 0 Å². The molecule has 0 radical (unpaired) electrons. The highest BCUT2D eigenvalue weighted by Gasteiger charge is 2.09. The van der Waals surface area contributed by atoms with Gasteiger partial charge in [-0.3, -0.25) is 0 Å². The second kappa shape index (κ2) is 10.2. The topological polar surface area (TPSA) is 67.5 Å². The molecule has 4 N–H and O–H groups in total. The first-order chi connectivity index (χ1) is 12.0. The third kappa shape index (κ3) is 7.69. The van der Waals surface area contributed by atoms with E-state index in [0.29, 0.717) is 6.54 Å². The summed E-state index contributed by atoms with van der Waals surface area (Å²) in [4.78, 5) is 0. The van der Waals surface area contributed by atoms with Crippen LogP contribution < -0.4 is 15.8 Å². The van der Waals surface area contributed by atoms with Crippen LogP contribution >= 0.6 is 0 Å². The van der Waals surface area contributed by atoms with E-state index in [4.69, 9.17) is 10.5 Å². The van der Waals surface area contributed by atoms with Crippen LogP contribution in [0.3, 0.4) is 0 Å². The third-order valence-corrected chi connectivity index (χ3v) is 4.01. The van der Waals surface area contributed by atoms with Crippen LogP contribution in [0.1, 0.15) is 25.0 Å². The van der Waals surface area contributed by atoms with E-state index in [-0.39, 0.29) is 18.7 Å². The monoisotopic (exact) mass is 342 g/mol. The molecule has 0 unspecified atom stereocenters. The van der Waals surface area contributed by atoms with Crippen molar-refractivity contribution in [1.29, 1.82) is 0 Å². The summed E-state index contributed by atoms with van der Waals surface area (Å²) in [6.45, 7) is 4.94. The lowest BCUT2D eigenvalue weighted by Gasteiger charge is -2.18. The highest BCUT2D eigenvalue weighted by Crippen LogP contribution is 2.10. The normalized spacial score (nSPS) is 14.7. The first-order valence-electron chi connectivity index (χ1n) is 8.95. The molecule has 136 valence electrons. The molecular weight excluding hydrogens is 312 g/mol. The molecule has 0 aliphatic rings. The van der Waals surface area contributed by atoms with Gasteiger partial charge in [-0.25, -0.2) is 0 Å². The average Bonchev–Trinajstić information content (AvgIpc) is 2.60. The highest BCUT2D eigenvalue weighted by molar-refractivity contribution is 5.24. The fourth-order valence-corrected chi connectivity index (χ4v) is 2.71. The van der Waals surface area contributed by atoms with Crippen molar-refractivity contribution in [3.63, 3.8) is 0 Å². The van der Waals surface area contributed by atoms with Crippen LogP contribution in [0.25, 0.3) is 0 Å². The Kier molecular flexibility index (Phi) is 7.92. The van der Waals surface area contributed by atoms with Crippen molar-refractivity contribution >= 4 is 0 Å². The Morgan fingerprint density at radius 2 is 1.56 bits per heavy atom. The van der Waals surface area contributed by atoms with Crippen LogP contribution in [0.15, 0.2) is 54.6 Å². The lowest BCUT2D eigenvalue weighted by atomic mass is 10.0. The molecule has 3 atom stereocenters. The Morgan fingerprint density at radius 1 is 0.960 bits per heavy atom. The van der Waals surface area contributed by atoms with E-state index in [0.717, 1.165) is 18.6 Å². The fourth-order valence-electron chi connectivity index (χ4n) is 2.71. The van der Waals surface area contributed by atoms with Gasteiger partial charge >= 0.3 is 0 Å². The number of hydrogen-bond donors (Lipinski definition) is 3. The quantitative estimate of drug-likeness (QED) is 0.621. The maximum absolute atomic E-state index is 10.0. The molecule has 4 heteroatoms. The summed E-state index contributed by atoms with van der Waals surface area (Å²) >= 11 is 0. The van der Waals surface area contributed by atoms with Gasteiger partial charge in [0.2, 0.25) is 0 Å². The summed E-state index contributed by atoms with van der Waals surface area (Å²) in [5.41, 5.74) is 8.38. The number of ether oxygens (including phenoxy) is 1. The van der Waals surface area contributed by atoms with Gasteiger partial charge in [0.25, 0.3) is 0 Å². The molecule has 0 spiro atoms. The molecule has 4 nitrogen and oxygen atoms in total. The lowest BCUT2D eigenvalue weighted by Crippen LogP contribution is -2.37. The molecule has 0 saturated carbocycles. The maximum atomic E-state index is 10.0. The largest absolute Gasteiger partial charge is 0.491 e. The predicted octanol–water partition coefficient (Wildman–Crippen LogP) is 2.54. The summed E-state index contributed by atoms with van der Waals surface area (Å²) in [6, 6.07) is 18.6. The van der Waals surface area contributed by atoms with E-state index in [1.54, 1.807) is 0 Å². The molecule has 0 aromatic heterocycles. The first-order valence-corrected chi connectivity index (χ1v) is 8.95. The number of nitrogens with one attached hydrogen (secondary N) is 1. The Bertz CT molecular complexity index is 599. The number of benzene rings is 2. The molecule has 0 bridgehead atoms. The number of nitrogens with two attached hydrogens (primary N) is 1. The molecular formula is C21H30N2O2. The molecule has 2 aromatic rings. The van der Waals surface area contributed by atoms with Crippen molar-refractivity contribution in [3.8, 4) is 5.75 Å². The summed E-state index contributed by atoms with van der Waals surface area (Å²) in [5, 5.41) is 13.4. The molecule has 0 aliphatic heterocycles. The van der Waals surface area contributed by atoms with Gasteiger partial charge in [-0.05, 0) is 49.9 Å². The van der Waals surface area contributed by atoms with E-state index in [2.05, 4.69) is 36.5 Å². The molecule has 0 amide bonds. The Balaban J connectivity index is 1.68. The molecule has 0 fully saturated rings. The molecule has 0 aliphatic carbocycles. The lowest BCUT2D eigenvalue weighted by molar-refractivity contribution is 0.104. The van der Waals surface area contributed by atoms with Crippen molar-refractivity contribution < 1.29 is 9.84 Å². The first kappa shape index (κ1) is 19.4. The van der Waals surface area contributed by atoms with Crippen LogP contribution in [0.4, 0.5) is 0 Å².